The van der Waals surface area contributed by atoms with Crippen molar-refractivity contribution in [2.75, 3.05) is 18.9 Å². The molecule has 0 unspecified atom stereocenters. The monoisotopic (exact) mass is 235 g/mol. The van der Waals surface area contributed by atoms with Crippen LogP contribution >= 0.6 is 0 Å². The first-order valence-corrected chi connectivity index (χ1v) is 5.88. The Morgan fingerprint density at radius 3 is 2.82 bits per heavy atom. The molecule has 4 nitrogen and oxygen atoms in total. The van der Waals surface area contributed by atoms with E-state index in [1.807, 2.05) is 12.1 Å². The Morgan fingerprint density at radius 2 is 2.12 bits per heavy atom. The number of hydrogen-bond donors (Lipinski definition) is 1. The lowest BCUT2D eigenvalue weighted by Gasteiger charge is -2.08. The van der Waals surface area contributed by atoms with Crippen molar-refractivity contribution in [3.05, 3.63) is 24.3 Å². The molecule has 0 atom stereocenters. The van der Waals surface area contributed by atoms with Crippen molar-refractivity contribution in [1.82, 2.24) is 0 Å². The molecule has 4 heteroatoms. The predicted octanol–water partition coefficient (Wildman–Crippen LogP) is 1.99. The van der Waals surface area contributed by atoms with Crippen LogP contribution in [0.1, 0.15) is 19.3 Å². The van der Waals surface area contributed by atoms with Crippen molar-refractivity contribution >= 4 is 11.7 Å². The van der Waals surface area contributed by atoms with Gasteiger partial charge in [-0.3, -0.25) is 0 Å². The van der Waals surface area contributed by atoms with E-state index in [9.17, 15) is 4.79 Å². The molecule has 2 N–H and O–H groups in total. The molecule has 17 heavy (non-hydrogen) atoms. The van der Waals surface area contributed by atoms with Crippen LogP contribution < -0.4 is 10.5 Å². The molecule has 2 rings (SSSR count). The van der Waals surface area contributed by atoms with E-state index in [0.29, 0.717) is 18.0 Å². The summed E-state index contributed by atoms with van der Waals surface area (Å²) in [4.78, 5) is 11.3. The van der Waals surface area contributed by atoms with Crippen LogP contribution in [0.15, 0.2) is 24.3 Å². The molecule has 92 valence electrons. The maximum absolute atomic E-state index is 11.3. The van der Waals surface area contributed by atoms with Gasteiger partial charge < -0.3 is 15.2 Å². The largest absolute Gasteiger partial charge is 0.480 e. The molecular weight excluding hydrogens is 218 g/mol. The summed E-state index contributed by atoms with van der Waals surface area (Å²) in [5, 5.41) is 0. The highest BCUT2D eigenvalue weighted by Crippen LogP contribution is 2.32. The molecule has 0 heterocycles. The molecule has 0 spiro atoms. The standard InChI is InChI=1S/C13H17NO3/c14-11-3-1-2-4-12(11)17-9-13(15)16-8-7-10-5-6-10/h1-4,10H,5-9,14H2. The third kappa shape index (κ3) is 3.98. The molecule has 1 aliphatic carbocycles. The summed E-state index contributed by atoms with van der Waals surface area (Å²) < 4.78 is 10.3. The van der Waals surface area contributed by atoms with Gasteiger partial charge >= 0.3 is 5.97 Å². The normalized spacial score (nSPS) is 14.4. The molecule has 0 amide bonds. The smallest absolute Gasteiger partial charge is 0.344 e. The number of ether oxygens (including phenoxy) is 2. The van der Waals surface area contributed by atoms with E-state index in [-0.39, 0.29) is 12.6 Å². The third-order valence-corrected chi connectivity index (χ3v) is 2.75. The number of anilines is 1. The quantitative estimate of drug-likeness (QED) is 0.605. The van der Waals surface area contributed by atoms with E-state index < -0.39 is 0 Å². The summed E-state index contributed by atoms with van der Waals surface area (Å²) in [7, 11) is 0. The van der Waals surface area contributed by atoms with Gasteiger partial charge in [-0.15, -0.1) is 0 Å². The lowest BCUT2D eigenvalue weighted by atomic mass is 10.3. The Balaban J connectivity index is 1.66. The van der Waals surface area contributed by atoms with Crippen LogP contribution in [0, 0.1) is 5.92 Å². The fraction of sp³-hybridized carbons (Fsp3) is 0.462. The highest BCUT2D eigenvalue weighted by molar-refractivity contribution is 5.71. The van der Waals surface area contributed by atoms with E-state index in [2.05, 4.69) is 0 Å². The van der Waals surface area contributed by atoms with Crippen molar-refractivity contribution in [3.63, 3.8) is 0 Å². The Bertz CT molecular complexity index is 388. The van der Waals surface area contributed by atoms with Crippen molar-refractivity contribution < 1.29 is 14.3 Å². The van der Waals surface area contributed by atoms with Crippen LogP contribution in [-0.2, 0) is 9.53 Å². The molecular formula is C13H17NO3. The van der Waals surface area contributed by atoms with Crippen LogP contribution in [0.5, 0.6) is 5.75 Å². The highest BCUT2D eigenvalue weighted by Gasteiger charge is 2.21. The molecule has 0 radical (unpaired) electrons. The molecule has 1 aromatic carbocycles. The van der Waals surface area contributed by atoms with Crippen molar-refractivity contribution in [2.24, 2.45) is 5.92 Å². The number of rotatable bonds is 6. The molecule has 1 saturated carbocycles. The van der Waals surface area contributed by atoms with Gasteiger partial charge in [0, 0.05) is 0 Å². The van der Waals surface area contributed by atoms with Gasteiger partial charge in [0.15, 0.2) is 6.61 Å². The van der Waals surface area contributed by atoms with Gasteiger partial charge in [0.1, 0.15) is 5.75 Å². The van der Waals surface area contributed by atoms with Gasteiger partial charge in [-0.05, 0) is 24.5 Å². The number of benzene rings is 1. The van der Waals surface area contributed by atoms with Crippen molar-refractivity contribution in [1.29, 1.82) is 0 Å². The Hall–Kier alpha value is -1.71. The van der Waals surface area contributed by atoms with Crippen LogP contribution in [-0.4, -0.2) is 19.2 Å². The summed E-state index contributed by atoms with van der Waals surface area (Å²) in [6.45, 7) is 0.413. The molecule has 0 saturated heterocycles. The van der Waals surface area contributed by atoms with Gasteiger partial charge in [0.2, 0.25) is 0 Å². The van der Waals surface area contributed by atoms with E-state index in [4.69, 9.17) is 15.2 Å². The van der Waals surface area contributed by atoms with E-state index in [1.54, 1.807) is 12.1 Å². The summed E-state index contributed by atoms with van der Waals surface area (Å²) in [5.74, 6) is 0.953. The second kappa shape index (κ2) is 5.57. The molecule has 1 fully saturated rings. The molecule has 0 aromatic heterocycles. The predicted molar refractivity (Wildman–Crippen MR) is 64.6 cm³/mol. The SMILES string of the molecule is Nc1ccccc1OCC(=O)OCCC1CC1. The Labute approximate surface area is 101 Å². The minimum Gasteiger partial charge on any atom is -0.480 e. The van der Waals surface area contributed by atoms with Gasteiger partial charge in [-0.2, -0.15) is 0 Å². The van der Waals surface area contributed by atoms with Gasteiger partial charge in [-0.25, -0.2) is 4.79 Å². The first kappa shape index (κ1) is 11.8. The number of esters is 1. The Kier molecular flexibility index (Phi) is 3.85. The van der Waals surface area contributed by atoms with Crippen LogP contribution in [0.3, 0.4) is 0 Å². The number of nitrogens with two attached hydrogens (primary N) is 1. The van der Waals surface area contributed by atoms with Crippen LogP contribution in [0.25, 0.3) is 0 Å². The topological polar surface area (TPSA) is 61.5 Å². The first-order chi connectivity index (χ1) is 8.25. The van der Waals surface area contributed by atoms with E-state index >= 15 is 0 Å². The summed E-state index contributed by atoms with van der Waals surface area (Å²) >= 11 is 0. The second-order valence-corrected chi connectivity index (χ2v) is 4.28. The first-order valence-electron chi connectivity index (χ1n) is 5.88. The molecule has 0 aliphatic heterocycles. The minimum atomic E-state index is -0.339. The maximum atomic E-state index is 11.3. The zero-order valence-corrected chi connectivity index (χ0v) is 9.72. The van der Waals surface area contributed by atoms with Gasteiger partial charge in [-0.1, -0.05) is 25.0 Å². The zero-order chi connectivity index (χ0) is 12.1. The average Bonchev–Trinajstić information content (AvgIpc) is 3.12. The fourth-order valence-electron chi connectivity index (χ4n) is 1.54. The van der Waals surface area contributed by atoms with Crippen molar-refractivity contribution in [3.8, 4) is 5.75 Å². The van der Waals surface area contributed by atoms with E-state index in [1.165, 1.54) is 12.8 Å². The van der Waals surface area contributed by atoms with Crippen LogP contribution in [0.2, 0.25) is 0 Å². The lowest BCUT2D eigenvalue weighted by molar-refractivity contribution is -0.146. The number of carbonyl (C=O) groups excluding carboxylic acids is 1. The number of para-hydroxylation sites is 2. The summed E-state index contributed by atoms with van der Waals surface area (Å²) in [5.41, 5.74) is 6.20. The van der Waals surface area contributed by atoms with Gasteiger partial charge in [0.25, 0.3) is 0 Å². The minimum absolute atomic E-state index is 0.0844. The third-order valence-electron chi connectivity index (χ3n) is 2.75. The summed E-state index contributed by atoms with van der Waals surface area (Å²) in [6, 6.07) is 7.08. The average molecular weight is 235 g/mol. The molecule has 1 aromatic rings. The number of hydrogen-bond acceptors (Lipinski definition) is 4. The van der Waals surface area contributed by atoms with Crippen molar-refractivity contribution in [2.45, 2.75) is 19.3 Å². The fourth-order valence-corrected chi connectivity index (χ4v) is 1.54. The second-order valence-electron chi connectivity index (χ2n) is 4.28. The van der Waals surface area contributed by atoms with E-state index in [0.717, 1.165) is 12.3 Å². The Morgan fingerprint density at radius 1 is 1.35 bits per heavy atom. The molecule has 1 aliphatic rings. The van der Waals surface area contributed by atoms with Gasteiger partial charge in [0.05, 0.1) is 12.3 Å². The lowest BCUT2D eigenvalue weighted by Crippen LogP contribution is -2.16. The maximum Gasteiger partial charge on any atom is 0.344 e. The number of carbonyl (C=O) groups is 1. The molecule has 0 bridgehead atoms. The highest BCUT2D eigenvalue weighted by atomic mass is 16.6. The zero-order valence-electron chi connectivity index (χ0n) is 9.72. The number of nitrogen functional groups attached to an aromatic ring is 1. The van der Waals surface area contributed by atoms with Crippen LogP contribution in [0.4, 0.5) is 5.69 Å². The summed E-state index contributed by atoms with van der Waals surface area (Å²) in [6.07, 6.45) is 3.52.